The van der Waals surface area contributed by atoms with Crippen LogP contribution in [0, 0.1) is 11.8 Å². The first-order chi connectivity index (χ1) is 13.9. The number of hydrogen-bond donors (Lipinski definition) is 2. The van der Waals surface area contributed by atoms with E-state index >= 15 is 0 Å². The smallest absolute Gasteiger partial charge is 0.344 e. The summed E-state index contributed by atoms with van der Waals surface area (Å²) >= 11 is 0. The van der Waals surface area contributed by atoms with Gasteiger partial charge in [-0.25, -0.2) is 4.79 Å². The molecule has 0 bridgehead atoms. The van der Waals surface area contributed by atoms with Gasteiger partial charge in [-0.2, -0.15) is 5.01 Å². The van der Waals surface area contributed by atoms with Crippen LogP contribution >= 0.6 is 0 Å². The molecule has 2 N–H and O–H groups in total. The number of furan rings is 1. The number of piperidine rings is 1. The molecule has 2 aliphatic heterocycles. The fourth-order valence-corrected chi connectivity index (χ4v) is 4.42. The van der Waals surface area contributed by atoms with Crippen molar-refractivity contribution in [3.63, 3.8) is 0 Å². The number of hydrogen-bond acceptors (Lipinski definition) is 5. The number of amides is 5. The van der Waals surface area contributed by atoms with Crippen molar-refractivity contribution in [2.75, 3.05) is 13.1 Å². The summed E-state index contributed by atoms with van der Waals surface area (Å²) in [5.41, 5.74) is 1.63. The largest absolute Gasteiger partial charge is 0.459 e. The monoisotopic (exact) mass is 402 g/mol. The number of imide groups is 1. The summed E-state index contributed by atoms with van der Waals surface area (Å²) in [5, 5.41) is 3.64. The number of carbonyl (C=O) groups is 4. The first kappa shape index (κ1) is 19.5. The van der Waals surface area contributed by atoms with Crippen LogP contribution in [-0.2, 0) is 9.59 Å². The molecule has 1 aromatic heterocycles. The van der Waals surface area contributed by atoms with Gasteiger partial charge in [0.15, 0.2) is 5.76 Å². The molecule has 9 heteroatoms. The molecular weight excluding hydrogens is 376 g/mol. The molecule has 3 aliphatic rings. The van der Waals surface area contributed by atoms with E-state index in [-0.39, 0.29) is 29.4 Å². The lowest BCUT2D eigenvalue weighted by Crippen LogP contribution is -2.53. The van der Waals surface area contributed by atoms with Crippen molar-refractivity contribution in [2.24, 2.45) is 11.8 Å². The van der Waals surface area contributed by atoms with Gasteiger partial charge in [0, 0.05) is 19.0 Å². The van der Waals surface area contributed by atoms with Crippen LogP contribution in [0.5, 0.6) is 0 Å². The van der Waals surface area contributed by atoms with Crippen LogP contribution in [-0.4, -0.2) is 52.3 Å². The van der Waals surface area contributed by atoms with Gasteiger partial charge >= 0.3 is 6.03 Å². The zero-order chi connectivity index (χ0) is 20.6. The zero-order valence-electron chi connectivity index (χ0n) is 16.5. The van der Waals surface area contributed by atoms with Gasteiger partial charge in [0.1, 0.15) is 5.54 Å². The number of nitrogens with one attached hydrogen (secondary N) is 2. The lowest BCUT2D eigenvalue weighted by atomic mass is 9.77. The number of carbonyl (C=O) groups excluding carboxylic acids is 4. The number of urea groups is 1. The summed E-state index contributed by atoms with van der Waals surface area (Å²) < 4.78 is 5.14. The van der Waals surface area contributed by atoms with E-state index in [2.05, 4.69) is 17.7 Å². The Hall–Kier alpha value is -2.84. The van der Waals surface area contributed by atoms with E-state index in [9.17, 15) is 19.2 Å². The lowest BCUT2D eigenvalue weighted by molar-refractivity contribution is -0.142. The van der Waals surface area contributed by atoms with Gasteiger partial charge in [-0.05, 0) is 56.6 Å². The van der Waals surface area contributed by atoms with E-state index in [1.54, 1.807) is 17.0 Å². The summed E-state index contributed by atoms with van der Waals surface area (Å²) in [6, 6.07) is 2.70. The van der Waals surface area contributed by atoms with Crippen molar-refractivity contribution in [1.82, 2.24) is 20.7 Å². The molecule has 4 rings (SSSR count). The molecule has 29 heavy (non-hydrogen) atoms. The van der Waals surface area contributed by atoms with E-state index < -0.39 is 11.6 Å². The van der Waals surface area contributed by atoms with Gasteiger partial charge in [0.05, 0.1) is 6.26 Å². The Balaban J connectivity index is 1.32. The van der Waals surface area contributed by atoms with Crippen LogP contribution in [0.15, 0.2) is 22.8 Å². The molecule has 1 aliphatic carbocycles. The van der Waals surface area contributed by atoms with Gasteiger partial charge in [0.25, 0.3) is 11.8 Å². The minimum atomic E-state index is -0.879. The molecule has 0 atom stereocenters. The third kappa shape index (κ3) is 3.61. The fourth-order valence-electron chi connectivity index (χ4n) is 4.42. The Morgan fingerprint density at radius 1 is 1.17 bits per heavy atom. The van der Waals surface area contributed by atoms with Crippen molar-refractivity contribution in [3.05, 3.63) is 24.2 Å². The van der Waals surface area contributed by atoms with Crippen molar-refractivity contribution in [1.29, 1.82) is 0 Å². The van der Waals surface area contributed by atoms with Crippen molar-refractivity contribution in [3.8, 4) is 0 Å². The highest BCUT2D eigenvalue weighted by molar-refractivity contribution is 6.08. The van der Waals surface area contributed by atoms with Crippen molar-refractivity contribution < 1.29 is 23.6 Å². The zero-order valence-corrected chi connectivity index (χ0v) is 16.5. The number of nitrogens with zero attached hydrogens (tertiary/aromatic N) is 2. The maximum atomic E-state index is 12.9. The molecule has 3 heterocycles. The Morgan fingerprint density at radius 3 is 2.48 bits per heavy atom. The van der Waals surface area contributed by atoms with Crippen LogP contribution in [0.2, 0.25) is 0 Å². The SMILES string of the molecule is CC1CCC2(CC1)NC(=O)N(NC(=O)C1CCN(C(=O)c3ccco3)CC1)C2=O. The normalized spacial score (nSPS) is 28.0. The molecular formula is C20H26N4O5. The van der Waals surface area contributed by atoms with E-state index in [4.69, 9.17) is 4.42 Å². The fraction of sp³-hybridized carbons (Fsp3) is 0.600. The lowest BCUT2D eigenvalue weighted by Gasteiger charge is -2.33. The summed E-state index contributed by atoms with van der Waals surface area (Å²) in [6.07, 6.45) is 5.31. The van der Waals surface area contributed by atoms with Gasteiger partial charge in [0.2, 0.25) is 5.91 Å². The molecule has 1 spiro atoms. The highest BCUT2D eigenvalue weighted by Gasteiger charge is 2.53. The summed E-state index contributed by atoms with van der Waals surface area (Å²) in [4.78, 5) is 51.8. The molecule has 0 radical (unpaired) electrons. The second-order valence-corrected chi connectivity index (χ2v) is 8.36. The minimum absolute atomic E-state index is 0.198. The van der Waals surface area contributed by atoms with Crippen LogP contribution in [0.1, 0.15) is 56.0 Å². The maximum Gasteiger partial charge on any atom is 0.344 e. The third-order valence-corrected chi connectivity index (χ3v) is 6.40. The van der Waals surface area contributed by atoms with Gasteiger partial charge in [-0.3, -0.25) is 19.8 Å². The molecule has 0 unspecified atom stereocenters. The molecule has 2 saturated heterocycles. The van der Waals surface area contributed by atoms with Gasteiger partial charge in [-0.15, -0.1) is 0 Å². The Labute approximate surface area is 168 Å². The molecule has 9 nitrogen and oxygen atoms in total. The Kier molecular flexibility index (Phi) is 5.06. The molecule has 1 aromatic rings. The average molecular weight is 402 g/mol. The number of likely N-dealkylation sites (tertiary alicyclic amines) is 1. The predicted molar refractivity (Wildman–Crippen MR) is 101 cm³/mol. The standard InChI is InChI=1S/C20H26N4O5/c1-13-4-8-20(9-5-13)18(27)24(19(28)21-20)22-16(25)14-6-10-23(11-7-14)17(26)15-3-2-12-29-15/h2-3,12-14H,4-11H2,1H3,(H,21,28)(H,22,25). The third-order valence-electron chi connectivity index (χ3n) is 6.40. The Bertz CT molecular complexity index is 805. The van der Waals surface area contributed by atoms with Gasteiger partial charge in [-0.1, -0.05) is 6.92 Å². The van der Waals surface area contributed by atoms with E-state index in [1.807, 2.05) is 0 Å². The Morgan fingerprint density at radius 2 is 1.86 bits per heavy atom. The van der Waals surface area contributed by atoms with E-state index in [0.717, 1.165) is 17.9 Å². The predicted octanol–water partition coefficient (Wildman–Crippen LogP) is 1.66. The number of hydrazine groups is 1. The van der Waals surface area contributed by atoms with Crippen molar-refractivity contribution in [2.45, 2.75) is 51.0 Å². The highest BCUT2D eigenvalue weighted by atomic mass is 16.3. The van der Waals surface area contributed by atoms with E-state index in [1.165, 1.54) is 6.26 Å². The van der Waals surface area contributed by atoms with Crippen LogP contribution in [0.25, 0.3) is 0 Å². The minimum Gasteiger partial charge on any atom is -0.459 e. The quantitative estimate of drug-likeness (QED) is 0.747. The van der Waals surface area contributed by atoms with Crippen molar-refractivity contribution >= 4 is 23.8 Å². The summed E-state index contributed by atoms with van der Waals surface area (Å²) in [5.74, 6) is -0.481. The van der Waals surface area contributed by atoms with Gasteiger partial charge < -0.3 is 14.6 Å². The second-order valence-electron chi connectivity index (χ2n) is 8.36. The number of rotatable bonds is 3. The first-order valence-corrected chi connectivity index (χ1v) is 10.2. The molecule has 156 valence electrons. The summed E-state index contributed by atoms with van der Waals surface area (Å²) in [7, 11) is 0. The highest BCUT2D eigenvalue weighted by Crippen LogP contribution is 2.36. The van der Waals surface area contributed by atoms with Crippen LogP contribution < -0.4 is 10.7 Å². The topological polar surface area (TPSA) is 112 Å². The molecule has 3 fully saturated rings. The van der Waals surface area contributed by atoms with E-state index in [0.29, 0.717) is 44.7 Å². The molecule has 1 saturated carbocycles. The molecule has 0 aromatic carbocycles. The molecule has 5 amide bonds. The maximum absolute atomic E-state index is 12.9. The second kappa shape index (κ2) is 7.53. The van der Waals surface area contributed by atoms with Crippen LogP contribution in [0.3, 0.4) is 0 Å². The average Bonchev–Trinajstić information content (AvgIpc) is 3.34. The van der Waals surface area contributed by atoms with Crippen LogP contribution in [0.4, 0.5) is 4.79 Å². The first-order valence-electron chi connectivity index (χ1n) is 10.2. The summed E-state index contributed by atoms with van der Waals surface area (Å²) in [6.45, 7) is 2.97.